The van der Waals surface area contributed by atoms with Crippen LogP contribution in [-0.4, -0.2) is 35.6 Å². The molecule has 1 N–H and O–H groups in total. The molecule has 0 bridgehead atoms. The predicted molar refractivity (Wildman–Crippen MR) is 81.1 cm³/mol. The molecule has 0 unspecified atom stereocenters. The van der Waals surface area contributed by atoms with E-state index in [4.69, 9.17) is 0 Å². The Labute approximate surface area is 115 Å². The zero-order chi connectivity index (χ0) is 13.6. The number of likely N-dealkylation sites (tertiary alicyclic amines) is 1. The molecule has 2 heteroatoms. The molecule has 0 radical (unpaired) electrons. The Morgan fingerprint density at radius 3 is 1.94 bits per heavy atom. The van der Waals surface area contributed by atoms with Gasteiger partial charge in [0.2, 0.25) is 0 Å². The zero-order valence-electron chi connectivity index (χ0n) is 13.3. The molecule has 0 saturated carbocycles. The lowest BCUT2D eigenvalue weighted by Crippen LogP contribution is -2.51. The lowest BCUT2D eigenvalue weighted by Gasteiger charge is -2.41. The van der Waals surface area contributed by atoms with Crippen molar-refractivity contribution in [3.63, 3.8) is 0 Å². The minimum absolute atomic E-state index is 0.344. The molecular weight excluding hydrogens is 220 g/mol. The van der Waals surface area contributed by atoms with Gasteiger partial charge in [0.25, 0.3) is 0 Å². The third-order valence-corrected chi connectivity index (χ3v) is 4.19. The highest BCUT2D eigenvalue weighted by Gasteiger charge is 2.27. The number of hydrogen-bond acceptors (Lipinski definition) is 2. The van der Waals surface area contributed by atoms with E-state index in [9.17, 15) is 0 Å². The molecule has 0 amide bonds. The van der Waals surface area contributed by atoms with Gasteiger partial charge in [0, 0.05) is 30.7 Å². The number of piperidine rings is 1. The minimum atomic E-state index is 0.344. The van der Waals surface area contributed by atoms with Gasteiger partial charge >= 0.3 is 0 Å². The van der Waals surface area contributed by atoms with Crippen molar-refractivity contribution in [2.45, 2.75) is 90.8 Å². The van der Waals surface area contributed by atoms with Crippen LogP contribution in [0.1, 0.15) is 73.1 Å². The molecule has 1 aliphatic rings. The van der Waals surface area contributed by atoms with E-state index in [0.29, 0.717) is 5.54 Å². The second kappa shape index (κ2) is 7.49. The van der Waals surface area contributed by atoms with Crippen molar-refractivity contribution in [1.29, 1.82) is 0 Å². The molecule has 1 heterocycles. The first kappa shape index (κ1) is 16.0. The monoisotopic (exact) mass is 254 g/mol. The maximum Gasteiger partial charge on any atom is 0.0125 e. The maximum absolute atomic E-state index is 3.90. The molecule has 0 aromatic carbocycles. The number of nitrogens with zero attached hydrogens (tertiary/aromatic N) is 1. The second-order valence-corrected chi connectivity index (χ2v) is 6.87. The summed E-state index contributed by atoms with van der Waals surface area (Å²) in [6.07, 6.45) is 7.93. The summed E-state index contributed by atoms with van der Waals surface area (Å²) < 4.78 is 0. The fourth-order valence-corrected chi connectivity index (χ4v) is 3.06. The Kier molecular flexibility index (Phi) is 6.65. The molecule has 1 aliphatic heterocycles. The number of nitrogens with one attached hydrogen (secondary N) is 1. The molecule has 0 spiro atoms. The van der Waals surface area contributed by atoms with Crippen molar-refractivity contribution in [1.82, 2.24) is 10.2 Å². The highest BCUT2D eigenvalue weighted by molar-refractivity contribution is 4.85. The van der Waals surface area contributed by atoms with E-state index >= 15 is 0 Å². The van der Waals surface area contributed by atoms with Crippen LogP contribution in [0.3, 0.4) is 0 Å². The highest BCUT2D eigenvalue weighted by atomic mass is 15.2. The van der Waals surface area contributed by atoms with Crippen molar-refractivity contribution in [3.05, 3.63) is 0 Å². The topological polar surface area (TPSA) is 15.3 Å². The summed E-state index contributed by atoms with van der Waals surface area (Å²) in [7, 11) is 0. The average molecular weight is 254 g/mol. The van der Waals surface area contributed by atoms with E-state index in [0.717, 1.165) is 12.1 Å². The molecule has 0 atom stereocenters. The van der Waals surface area contributed by atoms with Crippen LogP contribution in [-0.2, 0) is 0 Å². The van der Waals surface area contributed by atoms with Crippen LogP contribution in [0.4, 0.5) is 0 Å². The lowest BCUT2D eigenvalue weighted by atomic mass is 9.96. The van der Waals surface area contributed by atoms with Crippen LogP contribution < -0.4 is 5.32 Å². The van der Waals surface area contributed by atoms with Crippen molar-refractivity contribution >= 4 is 0 Å². The molecule has 2 nitrogen and oxygen atoms in total. The van der Waals surface area contributed by atoms with Gasteiger partial charge in [-0.25, -0.2) is 0 Å². The Morgan fingerprint density at radius 2 is 1.56 bits per heavy atom. The molecule has 1 fully saturated rings. The fraction of sp³-hybridized carbons (Fsp3) is 1.00. The maximum atomic E-state index is 3.90. The van der Waals surface area contributed by atoms with Gasteiger partial charge in [-0.1, -0.05) is 26.7 Å². The van der Waals surface area contributed by atoms with Gasteiger partial charge in [-0.3, -0.25) is 4.90 Å². The summed E-state index contributed by atoms with van der Waals surface area (Å²) in [5.74, 6) is 0. The first-order valence-electron chi connectivity index (χ1n) is 7.98. The van der Waals surface area contributed by atoms with Gasteiger partial charge in [0.15, 0.2) is 0 Å². The Balaban J connectivity index is 2.33. The van der Waals surface area contributed by atoms with E-state index in [1.165, 1.54) is 51.6 Å². The van der Waals surface area contributed by atoms with Gasteiger partial charge in [-0.2, -0.15) is 0 Å². The summed E-state index contributed by atoms with van der Waals surface area (Å²) in [4.78, 5) is 2.62. The van der Waals surface area contributed by atoms with Crippen LogP contribution >= 0.6 is 0 Å². The summed E-state index contributed by atoms with van der Waals surface area (Å²) in [6, 6.07) is 1.51. The van der Waals surface area contributed by atoms with Gasteiger partial charge in [-0.15, -0.1) is 0 Å². The van der Waals surface area contributed by atoms with E-state index in [-0.39, 0.29) is 0 Å². The van der Waals surface area contributed by atoms with Crippen LogP contribution in [0.2, 0.25) is 0 Å². The highest BCUT2D eigenvalue weighted by Crippen LogP contribution is 2.21. The third kappa shape index (κ3) is 5.27. The summed E-state index contributed by atoms with van der Waals surface area (Å²) in [5, 5.41) is 3.90. The Bertz CT molecular complexity index is 206. The van der Waals surface area contributed by atoms with E-state index in [1.807, 2.05) is 0 Å². The summed E-state index contributed by atoms with van der Waals surface area (Å²) in [6.45, 7) is 14.1. The SMILES string of the molecule is CCCC(CCC)NC1CCN(C(C)(C)C)CC1. The van der Waals surface area contributed by atoms with Crippen LogP contribution in [0.5, 0.6) is 0 Å². The average Bonchev–Trinajstić information content (AvgIpc) is 2.29. The quantitative estimate of drug-likeness (QED) is 0.775. The predicted octanol–water partition coefficient (Wildman–Crippen LogP) is 3.81. The molecule has 1 saturated heterocycles. The molecule has 1 rings (SSSR count). The van der Waals surface area contributed by atoms with E-state index < -0.39 is 0 Å². The van der Waals surface area contributed by atoms with Crippen molar-refractivity contribution in [2.75, 3.05) is 13.1 Å². The molecule has 18 heavy (non-hydrogen) atoms. The van der Waals surface area contributed by atoms with Crippen LogP contribution in [0.25, 0.3) is 0 Å². The normalized spacial score (nSPS) is 19.7. The number of hydrogen-bond donors (Lipinski definition) is 1. The molecule has 108 valence electrons. The molecular formula is C16H34N2. The lowest BCUT2D eigenvalue weighted by molar-refractivity contribution is 0.0930. The summed E-state index contributed by atoms with van der Waals surface area (Å²) >= 11 is 0. The van der Waals surface area contributed by atoms with Gasteiger partial charge in [-0.05, 0) is 46.5 Å². The molecule has 0 aromatic rings. The van der Waals surface area contributed by atoms with E-state index in [1.54, 1.807) is 0 Å². The largest absolute Gasteiger partial charge is 0.311 e. The molecule has 0 aromatic heterocycles. The van der Waals surface area contributed by atoms with Crippen LogP contribution in [0, 0.1) is 0 Å². The Morgan fingerprint density at radius 1 is 1.06 bits per heavy atom. The first-order valence-corrected chi connectivity index (χ1v) is 7.98. The summed E-state index contributed by atoms with van der Waals surface area (Å²) in [5.41, 5.74) is 0.344. The zero-order valence-corrected chi connectivity index (χ0v) is 13.3. The smallest absolute Gasteiger partial charge is 0.0125 e. The van der Waals surface area contributed by atoms with Gasteiger partial charge in [0.1, 0.15) is 0 Å². The first-order chi connectivity index (χ1) is 8.47. The molecule has 0 aliphatic carbocycles. The number of rotatable bonds is 6. The third-order valence-electron chi connectivity index (χ3n) is 4.19. The van der Waals surface area contributed by atoms with Crippen molar-refractivity contribution < 1.29 is 0 Å². The fourth-order valence-electron chi connectivity index (χ4n) is 3.06. The second-order valence-electron chi connectivity index (χ2n) is 6.87. The van der Waals surface area contributed by atoms with Gasteiger partial charge < -0.3 is 5.32 Å². The minimum Gasteiger partial charge on any atom is -0.311 e. The standard InChI is InChI=1S/C16H34N2/c1-6-8-14(9-7-2)17-15-10-12-18(13-11-15)16(3,4)5/h14-15,17H,6-13H2,1-5H3. The van der Waals surface area contributed by atoms with Crippen LogP contribution in [0.15, 0.2) is 0 Å². The van der Waals surface area contributed by atoms with E-state index in [2.05, 4.69) is 44.8 Å². The van der Waals surface area contributed by atoms with Gasteiger partial charge in [0.05, 0.1) is 0 Å². The Hall–Kier alpha value is -0.0800. The van der Waals surface area contributed by atoms with Crippen molar-refractivity contribution in [3.8, 4) is 0 Å². The van der Waals surface area contributed by atoms with Crippen molar-refractivity contribution in [2.24, 2.45) is 0 Å².